The number of aryl methyl sites for hydroxylation is 3. The first kappa shape index (κ1) is 13.3. The molecule has 0 aliphatic rings. The van der Waals surface area contributed by atoms with Crippen LogP contribution in [0, 0.1) is 13.8 Å². The zero-order valence-corrected chi connectivity index (χ0v) is 12.0. The number of hydrogen-bond donors (Lipinski definition) is 1. The van der Waals surface area contributed by atoms with E-state index >= 15 is 0 Å². The van der Waals surface area contributed by atoms with Crippen molar-refractivity contribution in [2.45, 2.75) is 39.2 Å². The Kier molecular flexibility index (Phi) is 4.19. The number of rotatable bonds is 5. The SMILES string of the molecule is Cc1nn(C)c(C)c1CC(O)CCc1cccs1. The second kappa shape index (κ2) is 5.67. The first-order valence-corrected chi connectivity index (χ1v) is 7.15. The van der Waals surface area contributed by atoms with Gasteiger partial charge in [-0.05, 0) is 43.7 Å². The molecule has 98 valence electrons. The van der Waals surface area contributed by atoms with Crippen molar-refractivity contribution in [3.63, 3.8) is 0 Å². The van der Waals surface area contributed by atoms with E-state index in [1.54, 1.807) is 11.3 Å². The van der Waals surface area contributed by atoms with Crippen LogP contribution in [-0.2, 0) is 19.9 Å². The van der Waals surface area contributed by atoms with Gasteiger partial charge in [0.15, 0.2) is 0 Å². The zero-order chi connectivity index (χ0) is 13.1. The Balaban J connectivity index is 1.92. The molecule has 18 heavy (non-hydrogen) atoms. The molecule has 0 spiro atoms. The first-order chi connectivity index (χ1) is 8.58. The minimum Gasteiger partial charge on any atom is -0.393 e. The van der Waals surface area contributed by atoms with Crippen molar-refractivity contribution in [1.29, 1.82) is 0 Å². The van der Waals surface area contributed by atoms with Crippen LogP contribution in [0.15, 0.2) is 17.5 Å². The lowest BCUT2D eigenvalue weighted by molar-refractivity contribution is 0.165. The van der Waals surface area contributed by atoms with Gasteiger partial charge in [-0.1, -0.05) is 6.07 Å². The van der Waals surface area contributed by atoms with Crippen LogP contribution in [-0.4, -0.2) is 21.0 Å². The molecule has 0 saturated carbocycles. The third kappa shape index (κ3) is 3.00. The standard InChI is InChI=1S/C14H20N2OS/c1-10-14(11(2)16(3)15-10)9-12(17)6-7-13-5-4-8-18-13/h4-5,8,12,17H,6-7,9H2,1-3H3. The van der Waals surface area contributed by atoms with Crippen LogP contribution in [0.25, 0.3) is 0 Å². The molecule has 0 fully saturated rings. The maximum atomic E-state index is 10.1. The molecule has 0 saturated heterocycles. The van der Waals surface area contributed by atoms with Crippen LogP contribution in [0.2, 0.25) is 0 Å². The third-order valence-electron chi connectivity index (χ3n) is 3.40. The lowest BCUT2D eigenvalue weighted by atomic mass is 10.0. The molecular formula is C14H20N2OS. The van der Waals surface area contributed by atoms with E-state index in [-0.39, 0.29) is 6.10 Å². The Hall–Kier alpha value is -1.13. The highest BCUT2D eigenvalue weighted by Crippen LogP contribution is 2.17. The Bertz CT molecular complexity index is 502. The molecule has 0 bridgehead atoms. The number of hydrogen-bond acceptors (Lipinski definition) is 3. The van der Waals surface area contributed by atoms with Gasteiger partial charge in [-0.15, -0.1) is 11.3 Å². The fourth-order valence-electron chi connectivity index (χ4n) is 2.21. The normalized spacial score (nSPS) is 12.9. The molecule has 0 aliphatic heterocycles. The fourth-order valence-corrected chi connectivity index (χ4v) is 2.94. The molecule has 1 unspecified atom stereocenters. The molecule has 2 heterocycles. The predicted molar refractivity (Wildman–Crippen MR) is 75.0 cm³/mol. The molecule has 0 aliphatic carbocycles. The number of thiophene rings is 1. The molecule has 1 atom stereocenters. The first-order valence-electron chi connectivity index (χ1n) is 6.27. The topological polar surface area (TPSA) is 38.0 Å². The molecule has 2 rings (SSSR count). The molecule has 2 aromatic heterocycles. The Labute approximate surface area is 112 Å². The van der Waals surface area contributed by atoms with Crippen LogP contribution in [0.1, 0.15) is 28.2 Å². The van der Waals surface area contributed by atoms with Crippen molar-refractivity contribution in [3.05, 3.63) is 39.3 Å². The van der Waals surface area contributed by atoms with Crippen molar-refractivity contribution >= 4 is 11.3 Å². The van der Waals surface area contributed by atoms with E-state index in [1.807, 2.05) is 18.7 Å². The Morgan fingerprint density at radius 2 is 2.22 bits per heavy atom. The minimum atomic E-state index is -0.284. The van der Waals surface area contributed by atoms with Gasteiger partial charge in [0.2, 0.25) is 0 Å². The van der Waals surface area contributed by atoms with E-state index in [2.05, 4.69) is 29.5 Å². The van der Waals surface area contributed by atoms with Gasteiger partial charge >= 0.3 is 0 Å². The van der Waals surface area contributed by atoms with E-state index in [9.17, 15) is 5.11 Å². The van der Waals surface area contributed by atoms with Gasteiger partial charge < -0.3 is 5.11 Å². The average molecular weight is 264 g/mol. The average Bonchev–Trinajstić information content (AvgIpc) is 2.92. The summed E-state index contributed by atoms with van der Waals surface area (Å²) in [6.07, 6.45) is 2.19. The summed E-state index contributed by atoms with van der Waals surface area (Å²) in [6, 6.07) is 4.18. The van der Waals surface area contributed by atoms with Crippen molar-refractivity contribution in [1.82, 2.24) is 9.78 Å². The second-order valence-electron chi connectivity index (χ2n) is 4.75. The van der Waals surface area contributed by atoms with Gasteiger partial charge in [-0.3, -0.25) is 4.68 Å². The van der Waals surface area contributed by atoms with Crippen LogP contribution >= 0.6 is 11.3 Å². The van der Waals surface area contributed by atoms with E-state index in [1.165, 1.54) is 10.4 Å². The summed E-state index contributed by atoms with van der Waals surface area (Å²) < 4.78 is 1.89. The second-order valence-corrected chi connectivity index (χ2v) is 5.78. The summed E-state index contributed by atoms with van der Waals surface area (Å²) in [5.74, 6) is 0. The molecule has 0 radical (unpaired) electrons. The molecule has 1 N–H and O–H groups in total. The molecular weight excluding hydrogens is 244 g/mol. The summed E-state index contributed by atoms with van der Waals surface area (Å²) in [5.41, 5.74) is 3.38. The van der Waals surface area contributed by atoms with Crippen molar-refractivity contribution < 1.29 is 5.11 Å². The molecule has 0 aromatic carbocycles. The number of aliphatic hydroxyl groups is 1. The molecule has 3 nitrogen and oxygen atoms in total. The van der Waals surface area contributed by atoms with Crippen LogP contribution in [0.4, 0.5) is 0 Å². The highest BCUT2D eigenvalue weighted by Gasteiger charge is 2.14. The van der Waals surface area contributed by atoms with Crippen molar-refractivity contribution in [3.8, 4) is 0 Å². The van der Waals surface area contributed by atoms with Crippen molar-refractivity contribution in [2.24, 2.45) is 7.05 Å². The zero-order valence-electron chi connectivity index (χ0n) is 11.2. The highest BCUT2D eigenvalue weighted by molar-refractivity contribution is 7.09. The summed E-state index contributed by atoms with van der Waals surface area (Å²) in [7, 11) is 1.95. The summed E-state index contributed by atoms with van der Waals surface area (Å²) >= 11 is 1.75. The Morgan fingerprint density at radius 1 is 1.44 bits per heavy atom. The third-order valence-corrected chi connectivity index (χ3v) is 4.34. The predicted octanol–water partition coefficient (Wildman–Crippen LogP) is 2.63. The van der Waals surface area contributed by atoms with E-state index in [0.717, 1.165) is 24.2 Å². The van der Waals surface area contributed by atoms with Gasteiger partial charge in [0.25, 0.3) is 0 Å². The molecule has 2 aromatic rings. The van der Waals surface area contributed by atoms with Crippen LogP contribution < -0.4 is 0 Å². The highest BCUT2D eigenvalue weighted by atomic mass is 32.1. The molecule has 0 amide bonds. The smallest absolute Gasteiger partial charge is 0.0629 e. The lowest BCUT2D eigenvalue weighted by Gasteiger charge is -2.10. The van der Waals surface area contributed by atoms with Crippen LogP contribution in [0.3, 0.4) is 0 Å². The number of aromatic nitrogens is 2. The van der Waals surface area contributed by atoms with E-state index in [0.29, 0.717) is 6.42 Å². The van der Waals surface area contributed by atoms with Gasteiger partial charge in [0.1, 0.15) is 0 Å². The maximum absolute atomic E-state index is 10.1. The van der Waals surface area contributed by atoms with Crippen molar-refractivity contribution in [2.75, 3.05) is 0 Å². The minimum absolute atomic E-state index is 0.284. The Morgan fingerprint density at radius 3 is 2.78 bits per heavy atom. The molecule has 4 heteroatoms. The number of aliphatic hydroxyl groups excluding tert-OH is 1. The van der Waals surface area contributed by atoms with Gasteiger partial charge in [0.05, 0.1) is 11.8 Å². The summed E-state index contributed by atoms with van der Waals surface area (Å²) in [5, 5.41) is 16.6. The van der Waals surface area contributed by atoms with E-state index < -0.39 is 0 Å². The maximum Gasteiger partial charge on any atom is 0.0629 e. The monoisotopic (exact) mass is 264 g/mol. The summed E-state index contributed by atoms with van der Waals surface area (Å²) in [4.78, 5) is 1.34. The fraction of sp³-hybridized carbons (Fsp3) is 0.500. The lowest BCUT2D eigenvalue weighted by Crippen LogP contribution is -2.12. The summed E-state index contributed by atoms with van der Waals surface area (Å²) in [6.45, 7) is 4.07. The number of nitrogens with zero attached hydrogens (tertiary/aromatic N) is 2. The van der Waals surface area contributed by atoms with Gasteiger partial charge in [-0.2, -0.15) is 5.10 Å². The largest absolute Gasteiger partial charge is 0.393 e. The quantitative estimate of drug-likeness (QED) is 0.901. The van der Waals surface area contributed by atoms with E-state index in [4.69, 9.17) is 0 Å². The van der Waals surface area contributed by atoms with Gasteiger partial charge in [0, 0.05) is 24.0 Å². The van der Waals surface area contributed by atoms with Gasteiger partial charge in [-0.25, -0.2) is 0 Å². The van der Waals surface area contributed by atoms with Crippen LogP contribution in [0.5, 0.6) is 0 Å².